The van der Waals surface area contributed by atoms with Gasteiger partial charge in [-0.15, -0.1) is 0 Å². The minimum Gasteiger partial charge on any atom is -0.478 e. The van der Waals surface area contributed by atoms with E-state index in [0.29, 0.717) is 25.4 Å². The van der Waals surface area contributed by atoms with Crippen molar-refractivity contribution >= 4 is 5.97 Å². The molecule has 0 aliphatic carbocycles. The van der Waals surface area contributed by atoms with E-state index in [4.69, 9.17) is 15.3 Å². The van der Waals surface area contributed by atoms with Gasteiger partial charge in [0.05, 0.1) is 12.1 Å². The van der Waals surface area contributed by atoms with Crippen molar-refractivity contribution in [3.63, 3.8) is 0 Å². The molecule has 0 unspecified atom stereocenters. The van der Waals surface area contributed by atoms with Gasteiger partial charge in [-0.2, -0.15) is 0 Å². The van der Waals surface area contributed by atoms with Crippen molar-refractivity contribution in [2.45, 2.75) is 6.54 Å². The van der Waals surface area contributed by atoms with Gasteiger partial charge in [0, 0.05) is 13.1 Å². The van der Waals surface area contributed by atoms with Gasteiger partial charge in [-0.05, 0) is 6.07 Å². The number of hydrogen-bond acceptors (Lipinski definition) is 4. The molecule has 0 amide bonds. The Morgan fingerprint density at radius 2 is 2.46 bits per heavy atom. The third kappa shape index (κ3) is 2.89. The van der Waals surface area contributed by atoms with Crippen LogP contribution in [0.5, 0.6) is 0 Å². The van der Waals surface area contributed by atoms with E-state index in [2.05, 4.69) is 5.32 Å². The topological polar surface area (TPSA) is 88.5 Å². The number of hydrogen-bond donors (Lipinski definition) is 3. The van der Waals surface area contributed by atoms with Gasteiger partial charge >= 0.3 is 5.97 Å². The Kier molecular flexibility index (Phi) is 3.48. The second-order valence-corrected chi connectivity index (χ2v) is 2.57. The summed E-state index contributed by atoms with van der Waals surface area (Å²) in [5.74, 6) is -0.375. The molecule has 4 N–H and O–H groups in total. The van der Waals surface area contributed by atoms with Crippen LogP contribution in [0.15, 0.2) is 16.7 Å². The van der Waals surface area contributed by atoms with E-state index in [9.17, 15) is 4.79 Å². The number of carbonyl (C=O) groups is 1. The summed E-state index contributed by atoms with van der Waals surface area (Å²) in [4.78, 5) is 10.4. The average Bonchev–Trinajstić information content (AvgIpc) is 2.53. The fourth-order valence-corrected chi connectivity index (χ4v) is 0.899. The molecule has 0 radical (unpaired) electrons. The Morgan fingerprint density at radius 1 is 1.69 bits per heavy atom. The van der Waals surface area contributed by atoms with Crippen molar-refractivity contribution in [3.8, 4) is 0 Å². The summed E-state index contributed by atoms with van der Waals surface area (Å²) in [6.45, 7) is 1.74. The highest BCUT2D eigenvalue weighted by molar-refractivity contribution is 5.87. The number of nitrogens with two attached hydrogens (primary N) is 1. The lowest BCUT2D eigenvalue weighted by molar-refractivity contribution is 0.0696. The van der Waals surface area contributed by atoms with Crippen LogP contribution in [-0.4, -0.2) is 24.2 Å². The summed E-state index contributed by atoms with van der Waals surface area (Å²) in [6.07, 6.45) is 1.22. The molecule has 0 spiro atoms. The standard InChI is InChI=1S/C8H12N2O3/c9-1-2-10-4-7-3-6(5-13-7)8(11)12/h3,5,10H,1-2,4,9H2,(H,11,12). The monoisotopic (exact) mass is 184 g/mol. The average molecular weight is 184 g/mol. The maximum absolute atomic E-state index is 10.4. The van der Waals surface area contributed by atoms with Crippen LogP contribution in [0.3, 0.4) is 0 Å². The number of nitrogens with one attached hydrogen (secondary N) is 1. The van der Waals surface area contributed by atoms with Crippen LogP contribution in [0.25, 0.3) is 0 Å². The second-order valence-electron chi connectivity index (χ2n) is 2.57. The quantitative estimate of drug-likeness (QED) is 0.562. The van der Waals surface area contributed by atoms with E-state index < -0.39 is 5.97 Å². The van der Waals surface area contributed by atoms with Crippen molar-refractivity contribution in [2.24, 2.45) is 5.73 Å². The van der Waals surface area contributed by atoms with E-state index in [1.807, 2.05) is 0 Å². The number of carboxylic acids is 1. The lowest BCUT2D eigenvalue weighted by Crippen LogP contribution is -2.21. The minimum absolute atomic E-state index is 0.171. The van der Waals surface area contributed by atoms with Gasteiger partial charge in [0.15, 0.2) is 0 Å². The summed E-state index contributed by atoms with van der Waals surface area (Å²) in [5.41, 5.74) is 5.43. The molecule has 0 aliphatic heterocycles. The van der Waals surface area contributed by atoms with Gasteiger partial charge in [0.25, 0.3) is 0 Å². The molecule has 1 heterocycles. The second kappa shape index (κ2) is 4.64. The molecule has 0 saturated carbocycles. The van der Waals surface area contributed by atoms with Crippen LogP contribution in [0, 0.1) is 0 Å². The van der Waals surface area contributed by atoms with Crippen LogP contribution in [0.1, 0.15) is 16.1 Å². The fourth-order valence-electron chi connectivity index (χ4n) is 0.899. The van der Waals surface area contributed by atoms with Crippen LogP contribution in [0.4, 0.5) is 0 Å². The van der Waals surface area contributed by atoms with Crippen molar-refractivity contribution < 1.29 is 14.3 Å². The predicted molar refractivity (Wildman–Crippen MR) is 46.4 cm³/mol. The first-order chi connectivity index (χ1) is 6.24. The molecule has 13 heavy (non-hydrogen) atoms. The highest BCUT2D eigenvalue weighted by atomic mass is 16.4. The van der Waals surface area contributed by atoms with Crippen molar-refractivity contribution in [2.75, 3.05) is 13.1 Å². The summed E-state index contributed by atoms with van der Waals surface area (Å²) in [7, 11) is 0. The third-order valence-corrected chi connectivity index (χ3v) is 1.52. The molecule has 0 saturated heterocycles. The van der Waals surface area contributed by atoms with E-state index in [-0.39, 0.29) is 5.56 Å². The van der Waals surface area contributed by atoms with Crippen molar-refractivity contribution in [3.05, 3.63) is 23.7 Å². The SMILES string of the molecule is NCCNCc1cc(C(=O)O)co1. The van der Waals surface area contributed by atoms with Crippen molar-refractivity contribution in [1.82, 2.24) is 5.32 Å². The Hall–Kier alpha value is -1.33. The molecule has 0 aromatic carbocycles. The van der Waals surface area contributed by atoms with E-state index in [1.165, 1.54) is 12.3 Å². The Bertz CT molecular complexity index is 283. The fraction of sp³-hybridized carbons (Fsp3) is 0.375. The van der Waals surface area contributed by atoms with E-state index >= 15 is 0 Å². The van der Waals surface area contributed by atoms with Gasteiger partial charge in [0.2, 0.25) is 0 Å². The maximum Gasteiger partial charge on any atom is 0.338 e. The molecule has 5 nitrogen and oxygen atoms in total. The minimum atomic E-state index is -0.978. The first kappa shape index (κ1) is 9.76. The van der Waals surface area contributed by atoms with Crippen LogP contribution in [0.2, 0.25) is 0 Å². The van der Waals surface area contributed by atoms with Gasteiger partial charge in [-0.3, -0.25) is 0 Å². The maximum atomic E-state index is 10.4. The molecule has 0 bridgehead atoms. The zero-order chi connectivity index (χ0) is 9.68. The van der Waals surface area contributed by atoms with Gasteiger partial charge in [-0.25, -0.2) is 4.79 Å². The number of carboxylic acid groups (broad SMARTS) is 1. The van der Waals surface area contributed by atoms with Crippen LogP contribution < -0.4 is 11.1 Å². The summed E-state index contributed by atoms with van der Waals surface area (Å²) < 4.78 is 4.99. The molecular formula is C8H12N2O3. The van der Waals surface area contributed by atoms with Gasteiger partial charge < -0.3 is 20.6 Å². The Morgan fingerprint density at radius 3 is 3.00 bits per heavy atom. The highest BCUT2D eigenvalue weighted by Crippen LogP contribution is 2.06. The molecule has 1 aromatic heterocycles. The molecule has 0 atom stereocenters. The van der Waals surface area contributed by atoms with Crippen LogP contribution in [-0.2, 0) is 6.54 Å². The first-order valence-corrected chi connectivity index (χ1v) is 3.95. The molecule has 1 rings (SSSR count). The summed E-state index contributed by atoms with van der Waals surface area (Å²) >= 11 is 0. The summed E-state index contributed by atoms with van der Waals surface area (Å²) in [6, 6.07) is 1.49. The van der Waals surface area contributed by atoms with E-state index in [1.54, 1.807) is 0 Å². The Labute approximate surface area is 75.5 Å². The molecule has 0 fully saturated rings. The largest absolute Gasteiger partial charge is 0.478 e. The molecule has 1 aromatic rings. The molecule has 0 aliphatic rings. The zero-order valence-corrected chi connectivity index (χ0v) is 7.12. The smallest absolute Gasteiger partial charge is 0.338 e. The molecule has 5 heteroatoms. The highest BCUT2D eigenvalue weighted by Gasteiger charge is 2.06. The molecular weight excluding hydrogens is 172 g/mol. The van der Waals surface area contributed by atoms with E-state index in [0.717, 1.165) is 0 Å². The normalized spacial score (nSPS) is 10.2. The third-order valence-electron chi connectivity index (χ3n) is 1.52. The lowest BCUT2D eigenvalue weighted by Gasteiger charge is -1.97. The zero-order valence-electron chi connectivity index (χ0n) is 7.12. The van der Waals surface area contributed by atoms with Gasteiger partial charge in [0.1, 0.15) is 12.0 Å². The predicted octanol–water partition coefficient (Wildman–Crippen LogP) is 0.0261. The Balaban J connectivity index is 2.44. The van der Waals surface area contributed by atoms with Crippen LogP contribution >= 0.6 is 0 Å². The summed E-state index contributed by atoms with van der Waals surface area (Å²) in [5, 5.41) is 11.6. The number of furan rings is 1. The van der Waals surface area contributed by atoms with Crippen molar-refractivity contribution in [1.29, 1.82) is 0 Å². The number of rotatable bonds is 5. The lowest BCUT2D eigenvalue weighted by atomic mass is 10.3. The number of aromatic carboxylic acids is 1. The van der Waals surface area contributed by atoms with Gasteiger partial charge in [-0.1, -0.05) is 0 Å². The molecule has 72 valence electrons. The first-order valence-electron chi connectivity index (χ1n) is 3.95.